The highest BCUT2D eigenvalue weighted by atomic mass is 32.2. The van der Waals surface area contributed by atoms with Gasteiger partial charge in [0.05, 0.1) is 5.88 Å². The van der Waals surface area contributed by atoms with Crippen LogP contribution in [0.25, 0.3) is 0 Å². The molecule has 18 heavy (non-hydrogen) atoms. The number of aliphatic carboxylic acids is 1. The summed E-state index contributed by atoms with van der Waals surface area (Å²) in [5.74, 6) is 0.0920. The average molecular weight is 272 g/mol. The molecule has 0 bridgehead atoms. The largest absolute Gasteiger partial charge is 0.480 e. The van der Waals surface area contributed by atoms with Gasteiger partial charge in [-0.15, -0.1) is 11.8 Å². The van der Waals surface area contributed by atoms with Crippen LogP contribution in [0.2, 0.25) is 0 Å². The molecule has 2 rings (SSSR count). The van der Waals surface area contributed by atoms with Crippen molar-refractivity contribution < 1.29 is 14.7 Å². The first-order valence-electron chi connectivity index (χ1n) is 6.42. The van der Waals surface area contributed by atoms with Crippen LogP contribution in [0.5, 0.6) is 0 Å². The minimum absolute atomic E-state index is 0.105. The van der Waals surface area contributed by atoms with E-state index in [9.17, 15) is 9.59 Å². The van der Waals surface area contributed by atoms with Crippen LogP contribution in [-0.4, -0.2) is 56.7 Å². The summed E-state index contributed by atoms with van der Waals surface area (Å²) in [6.07, 6.45) is 3.16. The van der Waals surface area contributed by atoms with E-state index in [1.807, 2.05) is 18.7 Å². The molecule has 102 valence electrons. The van der Waals surface area contributed by atoms with Crippen molar-refractivity contribution >= 4 is 23.8 Å². The fraction of sp³-hybridized carbons (Fsp3) is 0.833. The molecule has 0 aromatic heterocycles. The summed E-state index contributed by atoms with van der Waals surface area (Å²) in [5, 5.41) is 9.14. The zero-order chi connectivity index (χ0) is 13.3. The number of thioether (sulfide) groups is 1. The van der Waals surface area contributed by atoms with E-state index in [0.29, 0.717) is 11.6 Å². The number of rotatable bonds is 1. The molecular weight excluding hydrogens is 252 g/mol. The van der Waals surface area contributed by atoms with E-state index in [1.165, 1.54) is 16.7 Å². The Kier molecular flexibility index (Phi) is 4.04. The maximum absolute atomic E-state index is 12.5. The van der Waals surface area contributed by atoms with Crippen molar-refractivity contribution in [2.75, 3.05) is 11.6 Å². The highest BCUT2D eigenvalue weighted by Gasteiger charge is 2.40. The van der Waals surface area contributed by atoms with E-state index in [1.54, 1.807) is 0 Å². The molecule has 0 aromatic rings. The van der Waals surface area contributed by atoms with Crippen molar-refractivity contribution in [1.29, 1.82) is 0 Å². The summed E-state index contributed by atoms with van der Waals surface area (Å²) in [6, 6.07) is -0.349. The second-order valence-electron chi connectivity index (χ2n) is 5.14. The fourth-order valence-electron chi connectivity index (χ4n) is 2.78. The third-order valence-corrected chi connectivity index (χ3v) is 4.84. The average Bonchev–Trinajstić information content (AvgIpc) is 2.77. The Morgan fingerprint density at radius 1 is 1.22 bits per heavy atom. The van der Waals surface area contributed by atoms with Gasteiger partial charge in [-0.2, -0.15) is 0 Å². The van der Waals surface area contributed by atoms with Crippen molar-refractivity contribution in [2.45, 2.75) is 51.2 Å². The second kappa shape index (κ2) is 5.38. The Balaban J connectivity index is 2.12. The van der Waals surface area contributed by atoms with Crippen molar-refractivity contribution in [3.63, 3.8) is 0 Å². The Morgan fingerprint density at radius 2 is 1.83 bits per heavy atom. The number of amides is 2. The molecule has 2 saturated heterocycles. The van der Waals surface area contributed by atoms with Crippen LogP contribution in [0.15, 0.2) is 0 Å². The fourth-order valence-corrected chi connectivity index (χ4v) is 3.92. The Bertz CT molecular complexity index is 340. The number of piperidine rings is 1. The van der Waals surface area contributed by atoms with Crippen LogP contribution in [0, 0.1) is 0 Å². The third kappa shape index (κ3) is 2.43. The standard InChI is InChI=1S/C12H20N2O3S/c1-8-4-3-5-9(2)14(8)12(17)13-7-18-6-10(13)11(15)16/h8-10H,3-7H2,1-2H3,(H,15,16)/t8?,9?,10-/m0/s1. The van der Waals surface area contributed by atoms with E-state index in [4.69, 9.17) is 5.11 Å². The molecule has 2 aliphatic heterocycles. The van der Waals surface area contributed by atoms with E-state index < -0.39 is 12.0 Å². The number of carbonyl (C=O) groups excluding carboxylic acids is 1. The van der Waals surface area contributed by atoms with Gasteiger partial charge in [-0.3, -0.25) is 0 Å². The van der Waals surface area contributed by atoms with Crippen molar-refractivity contribution in [3.05, 3.63) is 0 Å². The van der Waals surface area contributed by atoms with Gasteiger partial charge in [-0.25, -0.2) is 9.59 Å². The van der Waals surface area contributed by atoms with Gasteiger partial charge in [-0.1, -0.05) is 0 Å². The topological polar surface area (TPSA) is 60.9 Å². The maximum atomic E-state index is 12.5. The molecule has 1 N–H and O–H groups in total. The number of hydrogen-bond acceptors (Lipinski definition) is 3. The molecule has 3 atom stereocenters. The number of carboxylic acids is 1. The molecule has 0 saturated carbocycles. The molecule has 2 heterocycles. The van der Waals surface area contributed by atoms with Crippen LogP contribution in [0.1, 0.15) is 33.1 Å². The molecule has 5 nitrogen and oxygen atoms in total. The number of carboxylic acid groups (broad SMARTS) is 1. The van der Waals surface area contributed by atoms with Gasteiger partial charge >= 0.3 is 12.0 Å². The summed E-state index contributed by atoms with van der Waals surface area (Å²) < 4.78 is 0. The third-order valence-electron chi connectivity index (χ3n) is 3.83. The summed E-state index contributed by atoms with van der Waals surface area (Å²) in [6.45, 7) is 4.10. The van der Waals surface area contributed by atoms with Gasteiger partial charge in [-0.05, 0) is 33.1 Å². The molecule has 2 amide bonds. The van der Waals surface area contributed by atoms with Gasteiger partial charge in [0.2, 0.25) is 0 Å². The SMILES string of the molecule is CC1CCCC(C)N1C(=O)N1CSC[C@H]1C(=O)O. The first-order valence-corrected chi connectivity index (χ1v) is 7.57. The Labute approximate surface area is 112 Å². The first kappa shape index (κ1) is 13.5. The Morgan fingerprint density at radius 3 is 2.39 bits per heavy atom. The normalized spacial score (nSPS) is 32.7. The van der Waals surface area contributed by atoms with Gasteiger partial charge in [0.15, 0.2) is 0 Å². The number of nitrogens with zero attached hydrogens (tertiary/aromatic N) is 2. The van der Waals surface area contributed by atoms with Crippen molar-refractivity contribution in [3.8, 4) is 0 Å². The maximum Gasteiger partial charge on any atom is 0.327 e. The molecule has 2 unspecified atom stereocenters. The van der Waals surface area contributed by atoms with E-state index in [0.717, 1.165) is 19.3 Å². The molecule has 0 aromatic carbocycles. The highest BCUT2D eigenvalue weighted by molar-refractivity contribution is 7.99. The smallest absolute Gasteiger partial charge is 0.327 e. The molecule has 0 spiro atoms. The monoisotopic (exact) mass is 272 g/mol. The van der Waals surface area contributed by atoms with Gasteiger partial charge < -0.3 is 14.9 Å². The molecular formula is C12H20N2O3S. The molecule has 6 heteroatoms. The zero-order valence-electron chi connectivity index (χ0n) is 10.8. The summed E-state index contributed by atoms with van der Waals surface area (Å²) in [4.78, 5) is 27.0. The molecule has 0 radical (unpaired) electrons. The number of carbonyl (C=O) groups is 2. The van der Waals surface area contributed by atoms with Gasteiger partial charge in [0.25, 0.3) is 0 Å². The van der Waals surface area contributed by atoms with E-state index in [2.05, 4.69) is 0 Å². The number of urea groups is 1. The molecule has 2 fully saturated rings. The lowest BCUT2D eigenvalue weighted by Gasteiger charge is -2.41. The van der Waals surface area contributed by atoms with Crippen LogP contribution in [0.3, 0.4) is 0 Å². The summed E-state index contributed by atoms with van der Waals surface area (Å²) in [5.41, 5.74) is 0. The number of hydrogen-bond donors (Lipinski definition) is 1. The second-order valence-corrected chi connectivity index (χ2v) is 6.14. The minimum atomic E-state index is -0.898. The van der Waals surface area contributed by atoms with Gasteiger partial charge in [0, 0.05) is 17.8 Å². The zero-order valence-corrected chi connectivity index (χ0v) is 11.7. The lowest BCUT2D eigenvalue weighted by molar-refractivity contribution is -0.141. The number of likely N-dealkylation sites (tertiary alicyclic amines) is 1. The summed E-state index contributed by atoms with van der Waals surface area (Å²) in [7, 11) is 0. The first-order chi connectivity index (χ1) is 8.52. The predicted octanol–water partition coefficient (Wildman–Crippen LogP) is 1.83. The van der Waals surface area contributed by atoms with Crippen LogP contribution in [-0.2, 0) is 4.79 Å². The quantitative estimate of drug-likeness (QED) is 0.791. The van der Waals surface area contributed by atoms with E-state index in [-0.39, 0.29) is 18.1 Å². The van der Waals surface area contributed by atoms with Crippen molar-refractivity contribution in [1.82, 2.24) is 9.80 Å². The van der Waals surface area contributed by atoms with Crippen molar-refractivity contribution in [2.24, 2.45) is 0 Å². The predicted molar refractivity (Wildman–Crippen MR) is 70.6 cm³/mol. The minimum Gasteiger partial charge on any atom is -0.480 e. The summed E-state index contributed by atoms with van der Waals surface area (Å²) >= 11 is 1.51. The van der Waals surface area contributed by atoms with Gasteiger partial charge in [0.1, 0.15) is 6.04 Å². The lowest BCUT2D eigenvalue weighted by Crippen LogP contribution is -2.55. The molecule has 0 aliphatic carbocycles. The lowest BCUT2D eigenvalue weighted by atomic mass is 9.98. The molecule has 2 aliphatic rings. The van der Waals surface area contributed by atoms with E-state index >= 15 is 0 Å². The Hall–Kier alpha value is -0.910. The van der Waals surface area contributed by atoms with Crippen LogP contribution in [0.4, 0.5) is 4.79 Å². The van der Waals surface area contributed by atoms with Crippen LogP contribution < -0.4 is 0 Å². The highest BCUT2D eigenvalue weighted by Crippen LogP contribution is 2.28. The van der Waals surface area contributed by atoms with Crippen LogP contribution >= 0.6 is 11.8 Å².